The van der Waals surface area contributed by atoms with E-state index in [0.717, 1.165) is 64.2 Å². The molecule has 6 heteroatoms. The van der Waals surface area contributed by atoms with Crippen molar-refractivity contribution in [2.75, 3.05) is 13.2 Å². The highest BCUT2D eigenvalue weighted by atomic mass is 16.6. The highest BCUT2D eigenvalue weighted by Crippen LogP contribution is 2.14. The first-order valence-electron chi connectivity index (χ1n) is 29.1. The molecule has 6 nitrogen and oxygen atoms in total. The van der Waals surface area contributed by atoms with Crippen LogP contribution in [0.25, 0.3) is 0 Å². The van der Waals surface area contributed by atoms with Gasteiger partial charge < -0.3 is 14.2 Å². The Bertz CT molecular complexity index is 1330. The van der Waals surface area contributed by atoms with Gasteiger partial charge in [-0.1, -0.05) is 228 Å². The van der Waals surface area contributed by atoms with E-state index >= 15 is 0 Å². The topological polar surface area (TPSA) is 78.9 Å². The van der Waals surface area contributed by atoms with Crippen molar-refractivity contribution in [2.45, 2.75) is 284 Å². The normalized spacial score (nSPS) is 12.7. The molecule has 0 N–H and O–H groups in total. The second kappa shape index (κ2) is 57.2. The fourth-order valence-corrected chi connectivity index (χ4v) is 7.93. The maximum Gasteiger partial charge on any atom is 0.306 e. The lowest BCUT2D eigenvalue weighted by Gasteiger charge is -2.18. The average Bonchev–Trinajstić information content (AvgIpc) is 3.35. The summed E-state index contributed by atoms with van der Waals surface area (Å²) in [6.45, 7) is 6.54. The van der Waals surface area contributed by atoms with Crippen LogP contribution in [-0.2, 0) is 28.6 Å². The van der Waals surface area contributed by atoms with Gasteiger partial charge in [0.2, 0.25) is 0 Å². The van der Waals surface area contributed by atoms with Gasteiger partial charge in [-0.3, -0.25) is 14.4 Å². The zero-order valence-corrected chi connectivity index (χ0v) is 45.3. The molecule has 0 radical (unpaired) electrons. The molecule has 0 fully saturated rings. The van der Waals surface area contributed by atoms with Crippen molar-refractivity contribution in [3.05, 3.63) is 85.1 Å². The van der Waals surface area contributed by atoms with Crippen molar-refractivity contribution in [2.24, 2.45) is 0 Å². The molecule has 0 aliphatic heterocycles. The van der Waals surface area contributed by atoms with Gasteiger partial charge in [0.25, 0.3) is 0 Å². The van der Waals surface area contributed by atoms with Crippen molar-refractivity contribution in [3.8, 4) is 0 Å². The molecule has 396 valence electrons. The summed E-state index contributed by atoms with van der Waals surface area (Å²) in [5.74, 6) is -0.999. The van der Waals surface area contributed by atoms with Crippen LogP contribution in [0.2, 0.25) is 0 Å². The van der Waals surface area contributed by atoms with E-state index in [-0.39, 0.29) is 44.0 Å². The van der Waals surface area contributed by atoms with Gasteiger partial charge in [0.15, 0.2) is 6.10 Å². The predicted molar refractivity (Wildman–Crippen MR) is 297 cm³/mol. The highest BCUT2D eigenvalue weighted by Gasteiger charge is 2.19. The van der Waals surface area contributed by atoms with Gasteiger partial charge in [-0.25, -0.2) is 0 Å². The van der Waals surface area contributed by atoms with Crippen LogP contribution in [0.15, 0.2) is 85.1 Å². The van der Waals surface area contributed by atoms with Gasteiger partial charge in [0.1, 0.15) is 13.2 Å². The van der Waals surface area contributed by atoms with E-state index in [1.165, 1.54) is 161 Å². The minimum Gasteiger partial charge on any atom is -0.462 e. The summed E-state index contributed by atoms with van der Waals surface area (Å²) in [6, 6.07) is 0. The molecule has 1 atom stereocenters. The Balaban J connectivity index is 4.48. The van der Waals surface area contributed by atoms with Crippen LogP contribution in [-0.4, -0.2) is 37.2 Å². The second-order valence-electron chi connectivity index (χ2n) is 19.2. The smallest absolute Gasteiger partial charge is 0.306 e. The number of carbonyl (C=O) groups excluding carboxylic acids is 3. The molecule has 0 rings (SSSR count). The number of rotatable bonds is 52. The average molecular weight is 962 g/mol. The molecule has 0 aromatic rings. The Hall–Kier alpha value is -3.41. The molecule has 69 heavy (non-hydrogen) atoms. The van der Waals surface area contributed by atoms with Crippen molar-refractivity contribution >= 4 is 17.9 Å². The van der Waals surface area contributed by atoms with Crippen LogP contribution in [0.1, 0.15) is 278 Å². The monoisotopic (exact) mass is 961 g/mol. The third-order valence-corrected chi connectivity index (χ3v) is 12.3. The third-order valence-electron chi connectivity index (χ3n) is 12.3. The van der Waals surface area contributed by atoms with E-state index in [1.54, 1.807) is 0 Å². The summed E-state index contributed by atoms with van der Waals surface area (Å²) in [6.07, 6.45) is 74.4. The van der Waals surface area contributed by atoms with E-state index in [4.69, 9.17) is 14.2 Å². The summed E-state index contributed by atoms with van der Waals surface area (Å²) >= 11 is 0. The molecule has 0 aromatic heterocycles. The first-order valence-corrected chi connectivity index (χ1v) is 29.1. The first-order chi connectivity index (χ1) is 34.0. The Labute approximate surface area is 426 Å². The summed E-state index contributed by atoms with van der Waals surface area (Å²) in [7, 11) is 0. The number of unbranched alkanes of at least 4 members (excludes halogenated alkanes) is 27. The van der Waals surface area contributed by atoms with E-state index < -0.39 is 6.10 Å². The van der Waals surface area contributed by atoms with Gasteiger partial charge >= 0.3 is 17.9 Å². The van der Waals surface area contributed by atoms with Gasteiger partial charge in [-0.05, 0) is 116 Å². The van der Waals surface area contributed by atoms with Crippen LogP contribution in [0, 0.1) is 0 Å². The first kappa shape index (κ1) is 65.6. The molecule has 0 bridgehead atoms. The highest BCUT2D eigenvalue weighted by molar-refractivity contribution is 5.71. The largest absolute Gasteiger partial charge is 0.462 e. The molecule has 0 unspecified atom stereocenters. The van der Waals surface area contributed by atoms with Crippen LogP contribution in [0.5, 0.6) is 0 Å². The van der Waals surface area contributed by atoms with Gasteiger partial charge in [0, 0.05) is 19.3 Å². The van der Waals surface area contributed by atoms with Crippen molar-refractivity contribution in [1.82, 2.24) is 0 Å². The predicted octanol–water partition coefficient (Wildman–Crippen LogP) is 19.5. The number of allylic oxidation sites excluding steroid dienone is 14. The molecule has 0 amide bonds. The Morgan fingerprint density at radius 1 is 0.290 bits per heavy atom. The Kier molecular flexibility index (Phi) is 54.3. The quantitative estimate of drug-likeness (QED) is 0.0262. The standard InChI is InChI=1S/C63H108O6/c1-4-7-10-13-16-19-22-25-28-30-31-33-36-38-41-44-47-50-53-56-62(65)68-59-60(69-63(66)57-54-51-48-45-42-39-34-27-24-21-18-15-12-9-6-3)58-67-61(64)55-52-49-46-43-40-37-35-32-29-26-23-20-17-14-11-8-5-2/h18,21,25-29,34-35,37,42-43,45-46,60H,4-17,19-20,22-24,30-33,36,38-41,44,47-59H2,1-3H3/b21-18-,28-25-,29-26-,34-27-,37-35-,45-42-,46-43-/t60-/m0/s1. The SMILES string of the molecule is CCCCC/C=C\C/C=C\C/C=C\CCCCC(=O)O[C@@H](COC(=O)CCC/C=C\C/C=C\C/C=C\CCCCCCCC)COC(=O)CCCCCCCCCCC/C=C\CCCCCCCC. The van der Waals surface area contributed by atoms with E-state index in [1.807, 2.05) is 0 Å². The van der Waals surface area contributed by atoms with E-state index in [9.17, 15) is 14.4 Å². The molecule has 0 heterocycles. The summed E-state index contributed by atoms with van der Waals surface area (Å²) in [5.41, 5.74) is 0. The maximum atomic E-state index is 12.8. The number of ether oxygens (including phenoxy) is 3. The molecule has 0 saturated carbocycles. The molecule has 0 aliphatic carbocycles. The fourth-order valence-electron chi connectivity index (χ4n) is 7.93. The van der Waals surface area contributed by atoms with Crippen molar-refractivity contribution in [3.63, 3.8) is 0 Å². The molecule has 0 aromatic carbocycles. The number of esters is 3. The van der Waals surface area contributed by atoms with Crippen LogP contribution >= 0.6 is 0 Å². The lowest BCUT2D eigenvalue weighted by atomic mass is 10.1. The van der Waals surface area contributed by atoms with Crippen LogP contribution < -0.4 is 0 Å². The summed E-state index contributed by atoms with van der Waals surface area (Å²) < 4.78 is 16.8. The fraction of sp³-hybridized carbons (Fsp3) is 0.730. The minimum atomic E-state index is -0.818. The zero-order valence-electron chi connectivity index (χ0n) is 45.3. The number of carbonyl (C=O) groups is 3. The third kappa shape index (κ3) is 55.4. The lowest BCUT2D eigenvalue weighted by molar-refractivity contribution is -0.167. The minimum absolute atomic E-state index is 0.108. The summed E-state index contributed by atoms with van der Waals surface area (Å²) in [4.78, 5) is 38.1. The summed E-state index contributed by atoms with van der Waals surface area (Å²) in [5, 5.41) is 0. The molecular weight excluding hydrogens is 853 g/mol. The van der Waals surface area contributed by atoms with Crippen LogP contribution in [0.4, 0.5) is 0 Å². The molecular formula is C63H108O6. The van der Waals surface area contributed by atoms with Gasteiger partial charge in [0.05, 0.1) is 0 Å². The number of hydrogen-bond acceptors (Lipinski definition) is 6. The van der Waals surface area contributed by atoms with Crippen molar-refractivity contribution < 1.29 is 28.6 Å². The lowest BCUT2D eigenvalue weighted by Crippen LogP contribution is -2.30. The molecule has 0 aliphatic rings. The molecule has 0 spiro atoms. The zero-order chi connectivity index (χ0) is 50.0. The van der Waals surface area contributed by atoms with Crippen LogP contribution in [0.3, 0.4) is 0 Å². The Morgan fingerprint density at radius 2 is 0.536 bits per heavy atom. The maximum absolute atomic E-state index is 12.8. The van der Waals surface area contributed by atoms with E-state index in [0.29, 0.717) is 19.3 Å². The molecule has 0 saturated heterocycles. The van der Waals surface area contributed by atoms with Crippen molar-refractivity contribution in [1.29, 1.82) is 0 Å². The van der Waals surface area contributed by atoms with E-state index in [2.05, 4.69) is 106 Å². The second-order valence-corrected chi connectivity index (χ2v) is 19.2. The number of hydrogen-bond donors (Lipinski definition) is 0. The van der Waals surface area contributed by atoms with Gasteiger partial charge in [-0.2, -0.15) is 0 Å². The Morgan fingerprint density at radius 3 is 0.942 bits per heavy atom. The van der Waals surface area contributed by atoms with Gasteiger partial charge in [-0.15, -0.1) is 0 Å².